The van der Waals surface area contributed by atoms with Crippen LogP contribution < -0.4 is 21.7 Å². The summed E-state index contributed by atoms with van der Waals surface area (Å²) in [5, 5.41) is 26.2. The van der Waals surface area contributed by atoms with Crippen molar-refractivity contribution in [1.82, 2.24) is 20.9 Å². The van der Waals surface area contributed by atoms with E-state index in [4.69, 9.17) is 15.2 Å². The van der Waals surface area contributed by atoms with Gasteiger partial charge in [0.1, 0.15) is 12.6 Å². The smallest absolute Gasteiger partial charge is 0.426 e. The summed E-state index contributed by atoms with van der Waals surface area (Å²) in [7, 11) is -1.61. The Morgan fingerprint density at radius 1 is 1.12 bits per heavy atom. The van der Waals surface area contributed by atoms with Crippen LogP contribution in [0.25, 0.3) is 0 Å². The van der Waals surface area contributed by atoms with E-state index < -0.39 is 31.2 Å². The van der Waals surface area contributed by atoms with Gasteiger partial charge in [0.05, 0.1) is 38.3 Å². The van der Waals surface area contributed by atoms with Gasteiger partial charge >= 0.3 is 7.12 Å². The summed E-state index contributed by atoms with van der Waals surface area (Å²) in [6.07, 6.45) is 0.384. The topological polar surface area (TPSA) is 193 Å². The minimum absolute atomic E-state index is 0.0439. The normalized spacial score (nSPS) is 17.4. The molecule has 0 aromatic rings. The molecule has 0 aliphatic carbocycles. The second kappa shape index (κ2) is 14.7. The van der Waals surface area contributed by atoms with Crippen LogP contribution in [0.4, 0.5) is 0 Å². The Morgan fingerprint density at radius 2 is 1.81 bits per heavy atom. The van der Waals surface area contributed by atoms with Crippen LogP contribution in [0.1, 0.15) is 33.1 Å². The highest BCUT2D eigenvalue weighted by atomic mass is 16.5. The zero-order valence-corrected chi connectivity index (χ0v) is 18.5. The summed E-state index contributed by atoms with van der Waals surface area (Å²) in [5.74, 6) is -2.15. The molecular formula is C18H34BN5O8. The van der Waals surface area contributed by atoms with Crippen molar-refractivity contribution in [2.45, 2.75) is 51.3 Å². The summed E-state index contributed by atoms with van der Waals surface area (Å²) in [6.45, 7) is 3.82. The molecule has 3 atom stereocenters. The molecule has 2 unspecified atom stereocenters. The monoisotopic (exact) mass is 459 g/mol. The van der Waals surface area contributed by atoms with Crippen LogP contribution in [0.3, 0.4) is 0 Å². The van der Waals surface area contributed by atoms with E-state index >= 15 is 0 Å². The summed E-state index contributed by atoms with van der Waals surface area (Å²) >= 11 is 0. The van der Waals surface area contributed by atoms with Crippen molar-refractivity contribution >= 4 is 30.7 Å². The number of nitrogens with one attached hydrogen (secondary N) is 3. The second-order valence-electron chi connectivity index (χ2n) is 7.47. The first-order valence-electron chi connectivity index (χ1n) is 10.5. The molecule has 7 N–H and O–H groups in total. The molecule has 1 rings (SSSR count). The van der Waals surface area contributed by atoms with Gasteiger partial charge in [-0.15, -0.1) is 0 Å². The van der Waals surface area contributed by atoms with Gasteiger partial charge in [0.15, 0.2) is 0 Å². The molecule has 14 heteroatoms. The van der Waals surface area contributed by atoms with Gasteiger partial charge in [0.2, 0.25) is 23.6 Å². The number of hydrogen-bond acceptors (Lipinski definition) is 9. The first-order chi connectivity index (χ1) is 15.1. The van der Waals surface area contributed by atoms with Crippen LogP contribution in [-0.4, -0.2) is 103 Å². The van der Waals surface area contributed by atoms with Crippen molar-refractivity contribution in [3.05, 3.63) is 0 Å². The maximum atomic E-state index is 12.4. The number of amides is 4. The molecular weight excluding hydrogens is 425 g/mol. The van der Waals surface area contributed by atoms with E-state index in [1.54, 1.807) is 0 Å². The number of carbonyl (C=O) groups is 4. The molecule has 13 nitrogen and oxygen atoms in total. The predicted octanol–water partition coefficient (Wildman–Crippen LogP) is -3.55. The molecule has 1 fully saturated rings. The van der Waals surface area contributed by atoms with Crippen LogP contribution in [0.15, 0.2) is 0 Å². The molecule has 1 aliphatic rings. The SMILES string of the molecule is CC(=O)NC(N)CC(=O)NCCOCCOCC(=O)N[C@H](C)C(=O)N1CCCC1B(O)O. The Labute approximate surface area is 187 Å². The maximum absolute atomic E-state index is 12.4. The fraction of sp³-hybridized carbons (Fsp3) is 0.778. The largest absolute Gasteiger partial charge is 0.475 e. The third-order valence-corrected chi connectivity index (χ3v) is 4.64. The van der Waals surface area contributed by atoms with Crippen molar-refractivity contribution in [1.29, 1.82) is 0 Å². The van der Waals surface area contributed by atoms with Crippen LogP contribution in [0.2, 0.25) is 0 Å². The number of nitrogens with two attached hydrogens (primary N) is 1. The summed E-state index contributed by atoms with van der Waals surface area (Å²) in [5.41, 5.74) is 5.57. The maximum Gasteiger partial charge on any atom is 0.475 e. The number of carbonyl (C=O) groups excluding carboxylic acids is 4. The van der Waals surface area contributed by atoms with Gasteiger partial charge in [-0.25, -0.2) is 0 Å². The molecule has 0 aromatic carbocycles. The average Bonchev–Trinajstić information content (AvgIpc) is 3.18. The van der Waals surface area contributed by atoms with E-state index in [0.717, 1.165) is 0 Å². The van der Waals surface area contributed by atoms with Crippen LogP contribution in [0, 0.1) is 0 Å². The van der Waals surface area contributed by atoms with Gasteiger partial charge in [-0.1, -0.05) is 0 Å². The van der Waals surface area contributed by atoms with Crippen molar-refractivity contribution in [2.75, 3.05) is 39.5 Å². The van der Waals surface area contributed by atoms with E-state index in [1.165, 1.54) is 18.7 Å². The minimum Gasteiger partial charge on any atom is -0.426 e. The van der Waals surface area contributed by atoms with Crippen molar-refractivity contribution < 1.29 is 38.7 Å². The van der Waals surface area contributed by atoms with Gasteiger partial charge in [0, 0.05) is 20.0 Å². The number of nitrogens with zero attached hydrogens (tertiary/aromatic N) is 1. The number of rotatable bonds is 14. The van der Waals surface area contributed by atoms with Gasteiger partial charge in [0.25, 0.3) is 0 Å². The molecule has 32 heavy (non-hydrogen) atoms. The Morgan fingerprint density at radius 3 is 2.47 bits per heavy atom. The lowest BCUT2D eigenvalue weighted by atomic mass is 9.78. The number of hydrogen-bond donors (Lipinski definition) is 6. The lowest BCUT2D eigenvalue weighted by Gasteiger charge is -2.27. The molecule has 0 radical (unpaired) electrons. The summed E-state index contributed by atoms with van der Waals surface area (Å²) in [6, 6.07) is -0.816. The Kier molecular flexibility index (Phi) is 12.8. The average molecular weight is 459 g/mol. The minimum atomic E-state index is -1.61. The first-order valence-corrected chi connectivity index (χ1v) is 10.5. The lowest BCUT2D eigenvalue weighted by molar-refractivity contribution is -0.137. The van der Waals surface area contributed by atoms with Crippen LogP contribution in [0.5, 0.6) is 0 Å². The molecule has 0 bridgehead atoms. The predicted molar refractivity (Wildman–Crippen MR) is 114 cm³/mol. The molecule has 4 amide bonds. The van der Waals surface area contributed by atoms with Crippen molar-refractivity contribution in [2.24, 2.45) is 5.73 Å². The summed E-state index contributed by atoms with van der Waals surface area (Å²) in [4.78, 5) is 48.1. The molecule has 1 aliphatic heterocycles. The van der Waals surface area contributed by atoms with Crippen molar-refractivity contribution in [3.8, 4) is 0 Å². The van der Waals surface area contributed by atoms with Crippen LogP contribution in [-0.2, 0) is 28.7 Å². The molecule has 1 saturated heterocycles. The first kappa shape index (κ1) is 27.8. The van der Waals surface area contributed by atoms with E-state index in [1.807, 2.05) is 0 Å². The molecule has 0 saturated carbocycles. The van der Waals surface area contributed by atoms with E-state index in [2.05, 4.69) is 16.0 Å². The Hall–Kier alpha value is -2.26. The fourth-order valence-electron chi connectivity index (χ4n) is 3.20. The summed E-state index contributed by atoms with van der Waals surface area (Å²) < 4.78 is 10.5. The molecule has 0 aromatic heterocycles. The molecule has 1 heterocycles. The lowest BCUT2D eigenvalue weighted by Crippen LogP contribution is -2.53. The van der Waals surface area contributed by atoms with Crippen molar-refractivity contribution in [3.63, 3.8) is 0 Å². The molecule has 0 spiro atoms. The van der Waals surface area contributed by atoms with E-state index in [0.29, 0.717) is 19.4 Å². The van der Waals surface area contributed by atoms with E-state index in [9.17, 15) is 29.2 Å². The van der Waals surface area contributed by atoms with Gasteiger partial charge < -0.3 is 46.1 Å². The highest BCUT2D eigenvalue weighted by Crippen LogP contribution is 2.18. The number of ether oxygens (including phenoxy) is 2. The highest BCUT2D eigenvalue weighted by molar-refractivity contribution is 6.43. The van der Waals surface area contributed by atoms with Gasteiger partial charge in [-0.05, 0) is 19.8 Å². The van der Waals surface area contributed by atoms with Gasteiger partial charge in [-0.2, -0.15) is 0 Å². The standard InChI is InChI=1S/C18H34BN5O8/c1-12(18(28)24-6-3-4-14(24)19(29)30)22-17(27)11-32-9-8-31-7-5-21-16(26)10-15(20)23-13(2)25/h12,14-15,29-30H,3-11,20H2,1-2H3,(H,21,26)(H,22,27)(H,23,25)/t12-,14?,15?/m1/s1. The van der Waals surface area contributed by atoms with Gasteiger partial charge in [-0.3, -0.25) is 19.2 Å². The molecule has 182 valence electrons. The van der Waals surface area contributed by atoms with Crippen LogP contribution >= 0.6 is 0 Å². The zero-order chi connectivity index (χ0) is 24.1. The highest BCUT2D eigenvalue weighted by Gasteiger charge is 2.38. The number of likely N-dealkylation sites (tertiary alicyclic amines) is 1. The second-order valence-corrected chi connectivity index (χ2v) is 7.47. The fourth-order valence-corrected chi connectivity index (χ4v) is 3.20. The quantitative estimate of drug-likeness (QED) is 0.0867. The third-order valence-electron chi connectivity index (χ3n) is 4.64. The zero-order valence-electron chi connectivity index (χ0n) is 18.5. The Balaban J connectivity index is 2.08. The Bertz CT molecular complexity index is 638. The third kappa shape index (κ3) is 10.9. The van der Waals surface area contributed by atoms with E-state index in [-0.39, 0.29) is 57.1 Å².